The van der Waals surface area contributed by atoms with E-state index in [0.29, 0.717) is 5.16 Å². The minimum Gasteiger partial charge on any atom is -0.318 e. The molecule has 3 aromatic rings. The molecule has 1 amide bonds. The van der Waals surface area contributed by atoms with Gasteiger partial charge in [-0.25, -0.2) is 19.8 Å². The Hall–Kier alpha value is -3.00. The van der Waals surface area contributed by atoms with E-state index >= 15 is 0 Å². The summed E-state index contributed by atoms with van der Waals surface area (Å²) >= 11 is 1.26. The maximum Gasteiger partial charge on any atom is 0.250 e. The Morgan fingerprint density at radius 2 is 1.90 bits per heavy atom. The van der Waals surface area contributed by atoms with E-state index in [9.17, 15) is 9.18 Å². The number of hydrogen-bond acceptors (Lipinski definition) is 5. The Kier molecular flexibility index (Phi) is 6.43. The first-order chi connectivity index (χ1) is 13.8. The quantitative estimate of drug-likeness (QED) is 0.289. The van der Waals surface area contributed by atoms with E-state index in [1.165, 1.54) is 23.9 Å². The van der Waals surface area contributed by atoms with E-state index in [1.807, 2.05) is 50.5 Å². The number of amides is 1. The number of thioether (sulfide) groups is 1. The van der Waals surface area contributed by atoms with Gasteiger partial charge < -0.3 is 4.57 Å². The van der Waals surface area contributed by atoms with Crippen LogP contribution >= 0.6 is 11.8 Å². The number of rotatable bonds is 6. The highest BCUT2D eigenvalue weighted by atomic mass is 32.2. The van der Waals surface area contributed by atoms with Crippen LogP contribution < -0.4 is 5.43 Å². The van der Waals surface area contributed by atoms with Crippen LogP contribution in [0, 0.1) is 33.5 Å². The summed E-state index contributed by atoms with van der Waals surface area (Å²) in [6.45, 7) is 7.65. The lowest BCUT2D eigenvalue weighted by Crippen LogP contribution is -2.19. The second-order valence-corrected chi connectivity index (χ2v) is 7.60. The van der Waals surface area contributed by atoms with Crippen molar-refractivity contribution in [2.75, 3.05) is 5.75 Å². The van der Waals surface area contributed by atoms with Crippen molar-refractivity contribution in [3.05, 3.63) is 70.6 Å². The lowest BCUT2D eigenvalue weighted by atomic mass is 10.2. The molecule has 0 radical (unpaired) electrons. The van der Waals surface area contributed by atoms with Gasteiger partial charge in [0.2, 0.25) is 0 Å². The summed E-state index contributed by atoms with van der Waals surface area (Å²) < 4.78 is 15.5. The third-order valence-electron chi connectivity index (χ3n) is 4.22. The molecule has 0 unspecified atom stereocenters. The average molecular weight is 412 g/mol. The summed E-state index contributed by atoms with van der Waals surface area (Å²) in [7, 11) is 0. The smallest absolute Gasteiger partial charge is 0.250 e. The molecule has 0 aliphatic rings. The highest BCUT2D eigenvalue weighted by Crippen LogP contribution is 2.20. The van der Waals surface area contributed by atoms with E-state index in [2.05, 4.69) is 20.5 Å². The molecule has 2 heterocycles. The molecular formula is C21H22FN5OS. The van der Waals surface area contributed by atoms with Gasteiger partial charge in [0.25, 0.3) is 5.91 Å². The van der Waals surface area contributed by atoms with Crippen molar-refractivity contribution in [3.8, 4) is 5.69 Å². The summed E-state index contributed by atoms with van der Waals surface area (Å²) in [6.07, 6.45) is 1.59. The number of aryl methyl sites for hydroxylation is 3. The number of hydrazone groups is 1. The Morgan fingerprint density at radius 1 is 1.17 bits per heavy atom. The zero-order valence-corrected chi connectivity index (χ0v) is 17.5. The van der Waals surface area contributed by atoms with Crippen LogP contribution in [-0.4, -0.2) is 32.4 Å². The summed E-state index contributed by atoms with van der Waals surface area (Å²) in [6, 6.07) is 10.2. The number of nitrogens with zero attached hydrogens (tertiary/aromatic N) is 4. The maximum atomic E-state index is 13.6. The fourth-order valence-electron chi connectivity index (χ4n) is 3.03. The van der Waals surface area contributed by atoms with Crippen molar-refractivity contribution in [2.45, 2.75) is 32.9 Å². The predicted molar refractivity (Wildman–Crippen MR) is 113 cm³/mol. The highest BCUT2D eigenvalue weighted by molar-refractivity contribution is 7.99. The Bertz CT molecular complexity index is 1060. The van der Waals surface area contributed by atoms with E-state index in [-0.39, 0.29) is 17.5 Å². The molecule has 0 atom stereocenters. The average Bonchev–Trinajstić information content (AvgIpc) is 2.93. The number of hydrogen-bond donors (Lipinski definition) is 1. The molecular weight excluding hydrogens is 389 g/mol. The normalized spacial score (nSPS) is 11.2. The molecule has 6 nitrogen and oxygen atoms in total. The molecule has 1 N–H and O–H groups in total. The topological polar surface area (TPSA) is 72.2 Å². The van der Waals surface area contributed by atoms with E-state index in [0.717, 1.165) is 34.0 Å². The SMILES string of the molecule is Cc1cc(C)nc(SCC(=O)N/N=C\c2cc(C)n(-c3cccc(F)c3)c2C)n1. The fraction of sp³-hybridized carbons (Fsp3) is 0.238. The van der Waals surface area contributed by atoms with Crippen LogP contribution in [0.1, 0.15) is 28.3 Å². The van der Waals surface area contributed by atoms with Crippen molar-refractivity contribution >= 4 is 23.9 Å². The van der Waals surface area contributed by atoms with Crippen LogP contribution in [0.25, 0.3) is 5.69 Å². The van der Waals surface area contributed by atoms with Gasteiger partial charge in [-0.15, -0.1) is 0 Å². The standard InChI is InChI=1S/C21H22FN5OS/c1-13-8-14(2)25-21(24-13)29-12-20(28)26-23-11-17-9-15(3)27(16(17)4)19-7-5-6-18(22)10-19/h5-11H,12H2,1-4H3,(H,26,28)/b23-11-. The summed E-state index contributed by atoms with van der Waals surface area (Å²) in [4.78, 5) is 20.6. The molecule has 8 heteroatoms. The molecule has 150 valence electrons. The molecule has 0 spiro atoms. The van der Waals surface area contributed by atoms with Crippen LogP contribution in [0.15, 0.2) is 46.7 Å². The highest BCUT2D eigenvalue weighted by Gasteiger charge is 2.10. The van der Waals surface area contributed by atoms with Gasteiger partial charge in [-0.1, -0.05) is 17.8 Å². The van der Waals surface area contributed by atoms with Crippen molar-refractivity contribution in [1.29, 1.82) is 0 Å². The van der Waals surface area contributed by atoms with Crippen molar-refractivity contribution in [1.82, 2.24) is 20.0 Å². The van der Waals surface area contributed by atoms with Gasteiger partial charge in [-0.2, -0.15) is 5.10 Å². The zero-order valence-electron chi connectivity index (χ0n) is 16.7. The molecule has 0 bridgehead atoms. The third kappa shape index (κ3) is 5.29. The number of benzene rings is 1. The maximum absolute atomic E-state index is 13.6. The van der Waals surface area contributed by atoms with Gasteiger partial charge in [0.05, 0.1) is 12.0 Å². The monoisotopic (exact) mass is 411 g/mol. The van der Waals surface area contributed by atoms with Crippen LogP contribution in [0.4, 0.5) is 4.39 Å². The second kappa shape index (κ2) is 9.00. The predicted octanol–water partition coefficient (Wildman–Crippen LogP) is 3.88. The first-order valence-electron chi connectivity index (χ1n) is 9.05. The number of carbonyl (C=O) groups excluding carboxylic acids is 1. The first-order valence-corrected chi connectivity index (χ1v) is 10.0. The Morgan fingerprint density at radius 3 is 2.59 bits per heavy atom. The Labute approximate surface area is 173 Å². The van der Waals surface area contributed by atoms with Gasteiger partial charge in [-0.3, -0.25) is 4.79 Å². The molecule has 2 aromatic heterocycles. The minimum absolute atomic E-state index is 0.169. The molecule has 0 fully saturated rings. The van der Waals surface area contributed by atoms with Crippen molar-refractivity contribution < 1.29 is 9.18 Å². The fourth-order valence-corrected chi connectivity index (χ4v) is 3.77. The number of carbonyl (C=O) groups is 1. The molecule has 29 heavy (non-hydrogen) atoms. The van der Waals surface area contributed by atoms with Crippen LogP contribution in [0.3, 0.4) is 0 Å². The number of aromatic nitrogens is 3. The van der Waals surface area contributed by atoms with Crippen molar-refractivity contribution in [2.24, 2.45) is 5.10 Å². The molecule has 1 aromatic carbocycles. The van der Waals surface area contributed by atoms with Gasteiger partial charge in [-0.05, 0) is 58.0 Å². The minimum atomic E-state index is -0.289. The van der Waals surface area contributed by atoms with E-state index < -0.39 is 0 Å². The Balaban J connectivity index is 1.63. The van der Waals surface area contributed by atoms with Gasteiger partial charge in [0, 0.05) is 34.0 Å². The molecule has 0 aliphatic carbocycles. The third-order valence-corrected chi connectivity index (χ3v) is 5.07. The van der Waals surface area contributed by atoms with Gasteiger partial charge in [0.15, 0.2) is 5.16 Å². The van der Waals surface area contributed by atoms with Gasteiger partial charge in [0.1, 0.15) is 5.82 Å². The largest absolute Gasteiger partial charge is 0.318 e. The summed E-state index contributed by atoms with van der Waals surface area (Å²) in [5.41, 5.74) is 7.70. The van der Waals surface area contributed by atoms with Crippen LogP contribution in [0.5, 0.6) is 0 Å². The lowest BCUT2D eigenvalue weighted by Gasteiger charge is -2.09. The van der Waals surface area contributed by atoms with Crippen LogP contribution in [0.2, 0.25) is 0 Å². The van der Waals surface area contributed by atoms with Gasteiger partial charge >= 0.3 is 0 Å². The van der Waals surface area contributed by atoms with E-state index in [4.69, 9.17) is 0 Å². The summed E-state index contributed by atoms with van der Waals surface area (Å²) in [5.74, 6) is -0.363. The van der Waals surface area contributed by atoms with Crippen LogP contribution in [-0.2, 0) is 4.79 Å². The summed E-state index contributed by atoms with van der Waals surface area (Å²) in [5, 5.41) is 4.62. The number of nitrogens with one attached hydrogen (secondary N) is 1. The lowest BCUT2D eigenvalue weighted by molar-refractivity contribution is -0.118. The zero-order chi connectivity index (χ0) is 21.0. The van der Waals surface area contributed by atoms with Crippen molar-refractivity contribution in [3.63, 3.8) is 0 Å². The molecule has 3 rings (SSSR count). The molecule has 0 aliphatic heterocycles. The van der Waals surface area contributed by atoms with E-state index in [1.54, 1.807) is 12.3 Å². The first kappa shape index (κ1) is 20.7. The molecule has 0 saturated carbocycles. The number of halogens is 1. The molecule has 0 saturated heterocycles. The second-order valence-electron chi connectivity index (χ2n) is 6.66.